The number of alkyl halides is 3. The highest BCUT2D eigenvalue weighted by molar-refractivity contribution is 7.89. The van der Waals surface area contributed by atoms with E-state index in [1.165, 1.54) is 18.3 Å². The second-order valence-electron chi connectivity index (χ2n) is 7.99. The molecule has 3 unspecified atom stereocenters. The minimum Gasteiger partial charge on any atom is -0.393 e. The molecule has 0 saturated heterocycles. The quantitative estimate of drug-likeness (QED) is 0.412. The van der Waals surface area contributed by atoms with Crippen molar-refractivity contribution < 1.29 is 26.7 Å². The van der Waals surface area contributed by atoms with Crippen molar-refractivity contribution in [1.82, 2.24) is 24.5 Å². The van der Waals surface area contributed by atoms with E-state index < -0.39 is 34.9 Å². The molecule has 0 aliphatic heterocycles. The SMILES string of the molecule is Cc1ccc(S(=O)(=O)NC(C)CC(C)O)cc1-c1cnc(N)c(-c2cnn(C(F)C(F)F)c2)n1. The zero-order valence-electron chi connectivity index (χ0n) is 18.7. The van der Waals surface area contributed by atoms with Gasteiger partial charge in [0.15, 0.2) is 0 Å². The fourth-order valence-electron chi connectivity index (χ4n) is 3.39. The molecule has 13 heteroatoms. The predicted octanol–water partition coefficient (Wildman–Crippen LogP) is 3.07. The summed E-state index contributed by atoms with van der Waals surface area (Å²) >= 11 is 0. The van der Waals surface area contributed by atoms with Crippen molar-refractivity contribution in [3.8, 4) is 22.5 Å². The third kappa shape index (κ3) is 5.72. The Hall–Kier alpha value is -3.03. The smallest absolute Gasteiger partial charge is 0.289 e. The highest BCUT2D eigenvalue weighted by Gasteiger charge is 2.24. The molecule has 2 aromatic heterocycles. The van der Waals surface area contributed by atoms with Crippen molar-refractivity contribution in [1.29, 1.82) is 0 Å². The minimum atomic E-state index is -3.90. The van der Waals surface area contributed by atoms with Crippen LogP contribution in [0.15, 0.2) is 41.7 Å². The van der Waals surface area contributed by atoms with Crippen molar-refractivity contribution in [2.75, 3.05) is 5.73 Å². The maximum absolute atomic E-state index is 13.6. The minimum absolute atomic E-state index is 0.0178. The molecule has 3 atom stereocenters. The summed E-state index contributed by atoms with van der Waals surface area (Å²) in [6.07, 6.45) is -2.78. The van der Waals surface area contributed by atoms with Gasteiger partial charge < -0.3 is 10.8 Å². The van der Waals surface area contributed by atoms with Crippen LogP contribution in [0.1, 0.15) is 32.1 Å². The summed E-state index contributed by atoms with van der Waals surface area (Å²) in [5.41, 5.74) is 7.57. The van der Waals surface area contributed by atoms with Gasteiger partial charge in [0, 0.05) is 23.4 Å². The van der Waals surface area contributed by atoms with Crippen LogP contribution in [0.5, 0.6) is 0 Å². The highest BCUT2D eigenvalue weighted by Crippen LogP contribution is 2.30. The zero-order chi connectivity index (χ0) is 25.2. The largest absolute Gasteiger partial charge is 0.393 e. The Labute approximate surface area is 194 Å². The number of aryl methyl sites for hydroxylation is 1. The van der Waals surface area contributed by atoms with Crippen molar-refractivity contribution in [3.63, 3.8) is 0 Å². The molecular weight excluding hydrogens is 473 g/mol. The van der Waals surface area contributed by atoms with E-state index in [0.29, 0.717) is 15.8 Å². The lowest BCUT2D eigenvalue weighted by atomic mass is 10.1. The Morgan fingerprint density at radius 1 is 1.21 bits per heavy atom. The molecule has 184 valence electrons. The molecular formula is C21H25F3N6O3S. The molecule has 1 aromatic carbocycles. The molecule has 0 saturated carbocycles. The van der Waals surface area contributed by atoms with Gasteiger partial charge in [-0.1, -0.05) is 6.07 Å². The Morgan fingerprint density at radius 3 is 2.56 bits per heavy atom. The first-order chi connectivity index (χ1) is 15.9. The Morgan fingerprint density at radius 2 is 1.91 bits per heavy atom. The Balaban J connectivity index is 1.98. The number of aromatic nitrogens is 4. The third-order valence-electron chi connectivity index (χ3n) is 4.98. The van der Waals surface area contributed by atoms with Crippen LogP contribution in [0, 0.1) is 6.92 Å². The maximum Gasteiger partial charge on any atom is 0.289 e. The normalized spacial score (nSPS) is 14.8. The molecule has 2 heterocycles. The van der Waals surface area contributed by atoms with Gasteiger partial charge in [-0.3, -0.25) is 0 Å². The molecule has 0 aliphatic carbocycles. The Kier molecular flexibility index (Phi) is 7.58. The summed E-state index contributed by atoms with van der Waals surface area (Å²) in [7, 11) is -3.90. The van der Waals surface area contributed by atoms with Gasteiger partial charge in [0.2, 0.25) is 10.0 Å². The van der Waals surface area contributed by atoms with Crippen molar-refractivity contribution in [3.05, 3.63) is 42.4 Å². The van der Waals surface area contributed by atoms with Crippen LogP contribution in [-0.4, -0.2) is 51.8 Å². The number of rotatable bonds is 9. The highest BCUT2D eigenvalue weighted by atomic mass is 32.2. The number of aliphatic hydroxyl groups excluding tert-OH is 1. The number of hydrogen-bond acceptors (Lipinski definition) is 7. The summed E-state index contributed by atoms with van der Waals surface area (Å²) < 4.78 is 67.6. The maximum atomic E-state index is 13.6. The molecule has 0 fully saturated rings. The van der Waals surface area contributed by atoms with E-state index in [0.717, 1.165) is 12.4 Å². The van der Waals surface area contributed by atoms with Gasteiger partial charge >= 0.3 is 0 Å². The monoisotopic (exact) mass is 498 g/mol. The number of anilines is 1. The molecule has 4 N–H and O–H groups in total. The van der Waals surface area contributed by atoms with E-state index in [1.807, 2.05) is 0 Å². The lowest BCUT2D eigenvalue weighted by Gasteiger charge is -2.16. The van der Waals surface area contributed by atoms with Crippen LogP contribution in [0.2, 0.25) is 0 Å². The van der Waals surface area contributed by atoms with Crippen molar-refractivity contribution >= 4 is 15.8 Å². The first-order valence-corrected chi connectivity index (χ1v) is 11.8. The number of benzene rings is 1. The second-order valence-corrected chi connectivity index (χ2v) is 9.70. The van der Waals surface area contributed by atoms with Crippen LogP contribution < -0.4 is 10.5 Å². The average Bonchev–Trinajstić information content (AvgIpc) is 3.22. The number of nitrogen functional groups attached to an aromatic ring is 1. The lowest BCUT2D eigenvalue weighted by Crippen LogP contribution is -2.34. The van der Waals surface area contributed by atoms with Gasteiger partial charge in [0.25, 0.3) is 12.7 Å². The first-order valence-electron chi connectivity index (χ1n) is 10.3. The van der Waals surface area contributed by atoms with Crippen LogP contribution in [0.4, 0.5) is 19.0 Å². The Bertz CT molecular complexity index is 1270. The van der Waals surface area contributed by atoms with Crippen molar-refractivity contribution in [2.45, 2.75) is 57.0 Å². The summed E-state index contributed by atoms with van der Waals surface area (Å²) in [6.45, 7) is 4.96. The number of halogens is 3. The topological polar surface area (TPSA) is 136 Å². The van der Waals surface area contributed by atoms with E-state index in [-0.39, 0.29) is 34.1 Å². The number of aliphatic hydroxyl groups is 1. The zero-order valence-corrected chi connectivity index (χ0v) is 19.5. The van der Waals surface area contributed by atoms with E-state index in [1.54, 1.807) is 26.8 Å². The third-order valence-corrected chi connectivity index (χ3v) is 6.57. The van der Waals surface area contributed by atoms with E-state index >= 15 is 0 Å². The molecule has 0 aliphatic rings. The average molecular weight is 499 g/mol. The lowest BCUT2D eigenvalue weighted by molar-refractivity contribution is 0.000790. The summed E-state index contributed by atoms with van der Waals surface area (Å²) in [6, 6.07) is 3.98. The molecule has 3 aromatic rings. The van der Waals surface area contributed by atoms with Gasteiger partial charge in [0.05, 0.1) is 29.1 Å². The van der Waals surface area contributed by atoms with Crippen LogP contribution in [-0.2, 0) is 10.0 Å². The van der Waals surface area contributed by atoms with E-state index in [9.17, 15) is 26.7 Å². The summed E-state index contributed by atoms with van der Waals surface area (Å²) in [5, 5.41) is 13.1. The van der Waals surface area contributed by atoms with Gasteiger partial charge in [-0.2, -0.15) is 5.10 Å². The molecule has 0 radical (unpaired) electrons. The molecule has 3 rings (SSSR count). The first kappa shape index (κ1) is 25.6. The molecule has 0 spiro atoms. The fraction of sp³-hybridized carbons (Fsp3) is 0.381. The van der Waals surface area contributed by atoms with E-state index in [2.05, 4.69) is 19.8 Å². The second kappa shape index (κ2) is 10.1. The number of nitrogens with two attached hydrogens (primary N) is 1. The van der Waals surface area contributed by atoms with Crippen molar-refractivity contribution in [2.24, 2.45) is 0 Å². The molecule has 9 nitrogen and oxygen atoms in total. The van der Waals surface area contributed by atoms with Gasteiger partial charge in [-0.05, 0) is 44.9 Å². The van der Waals surface area contributed by atoms with Gasteiger partial charge in [-0.25, -0.2) is 41.0 Å². The van der Waals surface area contributed by atoms with Crippen LogP contribution >= 0.6 is 0 Å². The molecule has 34 heavy (non-hydrogen) atoms. The van der Waals surface area contributed by atoms with Crippen LogP contribution in [0.3, 0.4) is 0 Å². The molecule has 0 bridgehead atoms. The van der Waals surface area contributed by atoms with Gasteiger partial charge in [-0.15, -0.1) is 0 Å². The predicted molar refractivity (Wildman–Crippen MR) is 120 cm³/mol. The summed E-state index contributed by atoms with van der Waals surface area (Å²) in [4.78, 5) is 8.48. The summed E-state index contributed by atoms with van der Waals surface area (Å²) in [5.74, 6) is -0.0363. The number of sulfonamides is 1. The fourth-order valence-corrected chi connectivity index (χ4v) is 4.67. The number of nitrogens with one attached hydrogen (secondary N) is 1. The standard InChI is InChI=1S/C21H25F3N6O3S/c1-11-4-5-15(34(32,33)29-12(2)6-13(3)31)7-16(11)17-9-26-21(25)18(28-17)14-8-27-30(10-14)20(24)19(22)23/h4-5,7-10,12-13,19-20,29,31H,6H2,1-3H3,(H2,25,26). The molecule has 0 amide bonds. The van der Waals surface area contributed by atoms with E-state index in [4.69, 9.17) is 5.73 Å². The number of nitrogens with zero attached hydrogens (tertiary/aromatic N) is 4. The van der Waals surface area contributed by atoms with Gasteiger partial charge in [0.1, 0.15) is 11.5 Å². The van der Waals surface area contributed by atoms with Crippen LogP contribution in [0.25, 0.3) is 22.5 Å². The number of hydrogen-bond donors (Lipinski definition) is 3.